The number of carbonyl (C=O) groups is 1. The van der Waals surface area contributed by atoms with Crippen molar-refractivity contribution >= 4 is 21.8 Å². The van der Waals surface area contributed by atoms with E-state index in [0.717, 1.165) is 19.3 Å². The third-order valence-electron chi connectivity index (χ3n) is 3.71. The van der Waals surface area contributed by atoms with Gasteiger partial charge in [-0.2, -0.15) is 0 Å². The van der Waals surface area contributed by atoms with E-state index in [1.54, 1.807) is 6.07 Å². The lowest BCUT2D eigenvalue weighted by Gasteiger charge is -2.29. The van der Waals surface area contributed by atoms with Crippen molar-refractivity contribution in [3.8, 4) is 5.75 Å². The summed E-state index contributed by atoms with van der Waals surface area (Å²) in [6, 6.07) is 4.72. The molecule has 3 nitrogen and oxygen atoms in total. The summed E-state index contributed by atoms with van der Waals surface area (Å²) in [5, 5.41) is 2.97. The fraction of sp³-hybridized carbons (Fsp3) is 0.533. The highest BCUT2D eigenvalue weighted by atomic mass is 79.9. The Morgan fingerprint density at radius 2 is 2.20 bits per heavy atom. The van der Waals surface area contributed by atoms with Gasteiger partial charge >= 0.3 is 0 Å². The van der Waals surface area contributed by atoms with E-state index in [1.807, 2.05) is 0 Å². The molecule has 20 heavy (non-hydrogen) atoms. The minimum absolute atomic E-state index is 0.0973. The number of hydrogen-bond donors (Lipinski definition) is 1. The van der Waals surface area contributed by atoms with Crippen molar-refractivity contribution in [2.45, 2.75) is 38.6 Å². The van der Waals surface area contributed by atoms with Crippen molar-refractivity contribution in [2.24, 2.45) is 5.92 Å². The number of rotatable bonds is 4. The maximum Gasteiger partial charge on any atom is 0.258 e. The Kier molecular flexibility index (Phi) is 5.40. The van der Waals surface area contributed by atoms with Crippen LogP contribution in [-0.4, -0.2) is 18.6 Å². The molecule has 1 fully saturated rings. The van der Waals surface area contributed by atoms with Crippen LogP contribution in [0.2, 0.25) is 0 Å². The summed E-state index contributed by atoms with van der Waals surface area (Å²) in [7, 11) is 0. The van der Waals surface area contributed by atoms with E-state index in [0.29, 0.717) is 10.4 Å². The van der Waals surface area contributed by atoms with Crippen LogP contribution < -0.4 is 10.1 Å². The number of nitrogens with one attached hydrogen (secondary N) is 1. The molecule has 0 aromatic heterocycles. The Morgan fingerprint density at radius 3 is 2.90 bits per heavy atom. The predicted octanol–water partition coefficient (Wildman–Crippen LogP) is 3.66. The van der Waals surface area contributed by atoms with Gasteiger partial charge in [0.1, 0.15) is 0 Å². The molecule has 5 heteroatoms. The summed E-state index contributed by atoms with van der Waals surface area (Å²) in [6.07, 6.45) is 4.54. The summed E-state index contributed by atoms with van der Waals surface area (Å²) in [5.74, 6) is -0.0681. The zero-order valence-electron chi connectivity index (χ0n) is 11.5. The van der Waals surface area contributed by atoms with Crippen molar-refractivity contribution in [2.75, 3.05) is 6.61 Å². The van der Waals surface area contributed by atoms with Crippen LogP contribution in [0, 0.1) is 11.7 Å². The molecule has 110 valence electrons. The van der Waals surface area contributed by atoms with Crippen LogP contribution in [0.4, 0.5) is 4.39 Å². The van der Waals surface area contributed by atoms with Crippen molar-refractivity contribution in [1.82, 2.24) is 5.32 Å². The Hall–Kier alpha value is -1.10. The first-order valence-corrected chi connectivity index (χ1v) is 7.73. The second kappa shape index (κ2) is 7.07. The van der Waals surface area contributed by atoms with Crippen molar-refractivity contribution in [3.63, 3.8) is 0 Å². The van der Waals surface area contributed by atoms with E-state index >= 15 is 0 Å². The maximum absolute atomic E-state index is 13.5. The minimum Gasteiger partial charge on any atom is -0.481 e. The van der Waals surface area contributed by atoms with E-state index in [-0.39, 0.29) is 24.3 Å². The molecular formula is C15H19BrFNO2. The smallest absolute Gasteiger partial charge is 0.258 e. The fourth-order valence-electron chi connectivity index (χ4n) is 2.51. The second-order valence-electron chi connectivity index (χ2n) is 5.30. The Balaban J connectivity index is 1.82. The molecule has 1 amide bonds. The highest BCUT2D eigenvalue weighted by Crippen LogP contribution is 2.24. The molecule has 0 heterocycles. The summed E-state index contributed by atoms with van der Waals surface area (Å²) in [4.78, 5) is 11.8. The first-order chi connectivity index (χ1) is 9.56. The van der Waals surface area contributed by atoms with Gasteiger partial charge in [0.25, 0.3) is 5.91 Å². The van der Waals surface area contributed by atoms with Crippen LogP contribution in [0.15, 0.2) is 22.7 Å². The fourth-order valence-corrected chi connectivity index (χ4v) is 2.85. The number of amides is 1. The van der Waals surface area contributed by atoms with E-state index in [1.165, 1.54) is 18.6 Å². The van der Waals surface area contributed by atoms with E-state index in [4.69, 9.17) is 4.74 Å². The molecule has 1 aromatic rings. The Morgan fingerprint density at radius 1 is 1.45 bits per heavy atom. The van der Waals surface area contributed by atoms with Gasteiger partial charge in [0.15, 0.2) is 18.2 Å². The van der Waals surface area contributed by atoms with E-state index in [9.17, 15) is 9.18 Å². The average molecular weight is 344 g/mol. The van der Waals surface area contributed by atoms with Crippen LogP contribution in [0.3, 0.4) is 0 Å². The van der Waals surface area contributed by atoms with Crippen LogP contribution in [0.25, 0.3) is 0 Å². The van der Waals surface area contributed by atoms with Gasteiger partial charge in [0.05, 0.1) is 0 Å². The van der Waals surface area contributed by atoms with Gasteiger partial charge in [-0.15, -0.1) is 0 Å². The van der Waals surface area contributed by atoms with Crippen LogP contribution >= 0.6 is 15.9 Å². The second-order valence-corrected chi connectivity index (χ2v) is 6.21. The zero-order valence-corrected chi connectivity index (χ0v) is 13.1. The summed E-state index contributed by atoms with van der Waals surface area (Å²) in [6.45, 7) is 2.00. The average Bonchev–Trinajstić information content (AvgIpc) is 2.40. The molecular weight excluding hydrogens is 325 g/mol. The van der Waals surface area contributed by atoms with E-state index in [2.05, 4.69) is 28.2 Å². The van der Waals surface area contributed by atoms with Gasteiger partial charge in [0.2, 0.25) is 0 Å². The number of ether oxygens (including phenoxy) is 1. The molecule has 1 N–H and O–H groups in total. The zero-order chi connectivity index (χ0) is 14.5. The quantitative estimate of drug-likeness (QED) is 0.905. The lowest BCUT2D eigenvalue weighted by molar-refractivity contribution is -0.124. The van der Waals surface area contributed by atoms with Gasteiger partial charge in [-0.3, -0.25) is 4.79 Å². The molecule has 0 saturated heterocycles. The standard InChI is InChI=1S/C15H19BrFNO2/c1-10-4-2-3-5-13(10)18-15(19)9-20-14-7-6-11(16)8-12(14)17/h6-8,10,13H,2-5,9H2,1H3,(H,18,19)/t10-,13+/m1/s1. The molecule has 0 spiro atoms. The lowest BCUT2D eigenvalue weighted by Crippen LogP contribution is -2.43. The molecule has 1 aliphatic rings. The lowest BCUT2D eigenvalue weighted by atomic mass is 9.86. The summed E-state index contributed by atoms with van der Waals surface area (Å²) >= 11 is 3.17. The molecule has 1 aromatic carbocycles. The van der Waals surface area contributed by atoms with Crippen molar-refractivity contribution < 1.29 is 13.9 Å². The molecule has 0 radical (unpaired) electrons. The van der Waals surface area contributed by atoms with E-state index < -0.39 is 5.82 Å². The number of carbonyl (C=O) groups excluding carboxylic acids is 1. The third kappa shape index (κ3) is 4.20. The first kappa shape index (κ1) is 15.3. The molecule has 1 aliphatic carbocycles. The van der Waals surface area contributed by atoms with Gasteiger partial charge in [-0.1, -0.05) is 35.7 Å². The molecule has 1 saturated carbocycles. The maximum atomic E-state index is 13.5. The first-order valence-electron chi connectivity index (χ1n) is 6.93. The van der Waals surface area contributed by atoms with Crippen molar-refractivity contribution in [3.05, 3.63) is 28.5 Å². The van der Waals surface area contributed by atoms with Crippen LogP contribution in [-0.2, 0) is 4.79 Å². The Labute approximate surface area is 127 Å². The normalized spacial score (nSPS) is 22.4. The topological polar surface area (TPSA) is 38.3 Å². The van der Waals surface area contributed by atoms with Crippen LogP contribution in [0.1, 0.15) is 32.6 Å². The predicted molar refractivity (Wildman–Crippen MR) is 79.2 cm³/mol. The summed E-state index contributed by atoms with van der Waals surface area (Å²) < 4.78 is 19.4. The molecule has 0 aliphatic heterocycles. The molecule has 2 atom stereocenters. The van der Waals surface area contributed by atoms with Gasteiger partial charge < -0.3 is 10.1 Å². The van der Waals surface area contributed by atoms with Gasteiger partial charge in [0, 0.05) is 10.5 Å². The van der Waals surface area contributed by atoms with Gasteiger partial charge in [-0.05, 0) is 37.0 Å². The number of halogens is 2. The van der Waals surface area contributed by atoms with Gasteiger partial charge in [-0.25, -0.2) is 4.39 Å². The number of hydrogen-bond acceptors (Lipinski definition) is 2. The minimum atomic E-state index is -0.474. The molecule has 2 rings (SSSR count). The van der Waals surface area contributed by atoms with Crippen molar-refractivity contribution in [1.29, 1.82) is 0 Å². The Bertz CT molecular complexity index is 481. The SMILES string of the molecule is C[C@@H]1CCCC[C@@H]1NC(=O)COc1ccc(Br)cc1F. The monoisotopic (exact) mass is 343 g/mol. The molecule has 0 bridgehead atoms. The molecule has 0 unspecified atom stereocenters. The van der Waals surface area contributed by atoms with Crippen LogP contribution in [0.5, 0.6) is 5.75 Å². The summed E-state index contributed by atoms with van der Waals surface area (Å²) in [5.41, 5.74) is 0. The largest absolute Gasteiger partial charge is 0.481 e. The number of benzene rings is 1. The highest BCUT2D eigenvalue weighted by molar-refractivity contribution is 9.10. The third-order valence-corrected chi connectivity index (χ3v) is 4.20. The highest BCUT2D eigenvalue weighted by Gasteiger charge is 2.22.